The fourth-order valence-electron chi connectivity index (χ4n) is 10.8. The van der Waals surface area contributed by atoms with Gasteiger partial charge in [0.2, 0.25) is 11.5 Å². The first-order valence-corrected chi connectivity index (χ1v) is 22.1. The molecule has 64 heavy (non-hydrogen) atoms. The third-order valence-electron chi connectivity index (χ3n) is 14.2. The van der Waals surface area contributed by atoms with Crippen LogP contribution in [-0.4, -0.2) is 119 Å². The van der Waals surface area contributed by atoms with Crippen molar-refractivity contribution in [2.24, 2.45) is 22.7 Å². The molecule has 3 N–H and O–H groups in total. The summed E-state index contributed by atoms with van der Waals surface area (Å²) < 4.78 is 43.4. The molecule has 1 aromatic carbocycles. The Hall–Kier alpha value is -5.13. The van der Waals surface area contributed by atoms with Gasteiger partial charge in [-0.25, -0.2) is 14.4 Å². The second-order valence-electron chi connectivity index (χ2n) is 19.0. The highest BCUT2D eigenvalue weighted by atomic mass is 16.8. The predicted molar refractivity (Wildman–Crippen MR) is 222 cm³/mol. The second-order valence-corrected chi connectivity index (χ2v) is 19.0. The summed E-state index contributed by atoms with van der Waals surface area (Å²) in [6.07, 6.45) is -8.56. The second kappa shape index (κ2) is 17.3. The summed E-state index contributed by atoms with van der Waals surface area (Å²) in [7, 11) is 0. The molecule has 2 aliphatic heterocycles. The van der Waals surface area contributed by atoms with Crippen LogP contribution in [0, 0.1) is 22.7 Å². The van der Waals surface area contributed by atoms with Gasteiger partial charge in [0.15, 0.2) is 41.9 Å². The van der Waals surface area contributed by atoms with E-state index in [1.165, 1.54) is 32.1 Å². The van der Waals surface area contributed by atoms with E-state index < -0.39 is 124 Å². The van der Waals surface area contributed by atoms with Gasteiger partial charge >= 0.3 is 30.0 Å². The number of esters is 4. The zero-order valence-electron chi connectivity index (χ0n) is 37.5. The highest BCUT2D eigenvalue weighted by Crippen LogP contribution is 2.67. The lowest BCUT2D eigenvalue weighted by Crippen LogP contribution is -2.83. The monoisotopic (exact) mass is 893 g/mol. The minimum atomic E-state index is -2.34. The van der Waals surface area contributed by atoms with Gasteiger partial charge in [0.1, 0.15) is 6.10 Å². The number of ketones is 1. The number of carbonyl (C=O) groups excluding carboxylic acids is 7. The maximum Gasteiger partial charge on any atom is 0.509 e. The van der Waals surface area contributed by atoms with Crippen molar-refractivity contribution >= 4 is 41.7 Å². The quantitative estimate of drug-likeness (QED) is 0.103. The van der Waals surface area contributed by atoms with Crippen LogP contribution in [0.25, 0.3) is 0 Å². The van der Waals surface area contributed by atoms with E-state index in [1.54, 1.807) is 45.9 Å². The van der Waals surface area contributed by atoms with Gasteiger partial charge in [-0.3, -0.25) is 19.2 Å². The molecule has 4 aliphatic carbocycles. The Kier molecular flexibility index (Phi) is 12.7. The Balaban J connectivity index is 1.46. The summed E-state index contributed by atoms with van der Waals surface area (Å²) in [5.74, 6) is -7.17. The standard InChI is InChI=1S/C47H59NO16/c1-9-10-12-17-31(51)48-28(20-23(2)3)33(52)42(56)59-34-24(4)32-35(60-40(54)27-18-19-27)37(53)45(8)29(50)21-30-46(22-58-30,63-25(5)49)36(45)39(61-41(55)26-15-13-11-14-16-26)47(44(32,6)7)38(34)62-43(57)64-47/h11,13-16,20,27-30,33-36,38-39,50,52H,9-10,12,17-19,21-22H2,1-8H3,(H,48,51)/t28-,29-,30+,33+,34+,35+,36-,38-,39-,45+,46-,47+/m0/s1. The van der Waals surface area contributed by atoms with E-state index in [0.717, 1.165) is 19.8 Å². The van der Waals surface area contributed by atoms with Crippen LogP contribution in [0.5, 0.6) is 0 Å². The van der Waals surface area contributed by atoms with E-state index in [0.29, 0.717) is 24.8 Å². The first kappa shape index (κ1) is 46.9. The Morgan fingerprint density at radius 1 is 0.984 bits per heavy atom. The number of aliphatic hydroxyl groups is 2. The molecule has 2 bridgehead atoms. The minimum Gasteiger partial charge on any atom is -0.454 e. The van der Waals surface area contributed by atoms with Gasteiger partial charge in [0.05, 0.1) is 41.6 Å². The van der Waals surface area contributed by atoms with Crippen LogP contribution in [-0.2, 0) is 57.1 Å². The number of hydrogen-bond donors (Lipinski definition) is 3. The first-order chi connectivity index (χ1) is 30.1. The fourth-order valence-corrected chi connectivity index (χ4v) is 10.8. The maximum atomic E-state index is 15.8. The topological polar surface area (TPSA) is 237 Å². The van der Waals surface area contributed by atoms with Crippen LogP contribution >= 0.6 is 0 Å². The normalized spacial score (nSPS) is 34.2. The number of Topliss-reactive ketones (excluding diaryl/α,β-unsaturated/α-hetero) is 1. The molecule has 17 nitrogen and oxygen atoms in total. The number of rotatable bonds is 14. The molecule has 0 unspecified atom stereocenters. The fraction of sp³-hybridized carbons (Fsp3) is 0.638. The van der Waals surface area contributed by atoms with E-state index in [-0.39, 0.29) is 36.2 Å². The Labute approximate surface area is 371 Å². The lowest BCUT2D eigenvalue weighted by Gasteiger charge is -2.67. The SMILES string of the molecule is CCCCCC(=O)N[C@@H](C=C(C)C)[C@@H](O)C(=O)O[C@@H]1C(C)=C2[C@@H](OC(=O)C3CC3)C(=O)[C@@]3(C)[C@H]([C@H](OC(=O)c4ccccc4)[C@@]4(OC(=O)O[C@@H]14)C2(C)C)[C@]1(OC(C)=O)CO[C@@H]1C[C@@H]3O. The molecule has 0 aromatic heterocycles. The molecular formula is C47H59NO16. The highest BCUT2D eigenvalue weighted by molar-refractivity contribution is 5.96. The molecule has 1 spiro atoms. The van der Waals surface area contributed by atoms with Gasteiger partial charge in [-0.1, -0.05) is 63.5 Å². The lowest BCUT2D eigenvalue weighted by atomic mass is 9.44. The summed E-state index contributed by atoms with van der Waals surface area (Å²) in [6.45, 7) is 12.3. The molecule has 348 valence electrons. The van der Waals surface area contributed by atoms with Crippen LogP contribution in [0.1, 0.15) is 111 Å². The maximum absolute atomic E-state index is 15.8. The molecule has 6 aliphatic rings. The smallest absolute Gasteiger partial charge is 0.454 e. The molecule has 12 atom stereocenters. The molecular weight excluding hydrogens is 835 g/mol. The van der Waals surface area contributed by atoms with Gasteiger partial charge in [-0.05, 0) is 70.2 Å². The molecule has 5 fully saturated rings. The Morgan fingerprint density at radius 3 is 2.27 bits per heavy atom. The highest BCUT2D eigenvalue weighted by Gasteiger charge is 2.83. The zero-order chi connectivity index (χ0) is 46.7. The number of amides is 1. The molecule has 2 heterocycles. The Morgan fingerprint density at radius 2 is 1.67 bits per heavy atom. The van der Waals surface area contributed by atoms with E-state index in [1.807, 2.05) is 6.92 Å². The summed E-state index contributed by atoms with van der Waals surface area (Å²) in [4.78, 5) is 98.8. The van der Waals surface area contributed by atoms with Crippen LogP contribution in [0.15, 0.2) is 53.1 Å². The van der Waals surface area contributed by atoms with E-state index in [4.69, 9.17) is 33.2 Å². The Bertz CT molecular complexity index is 2140. The van der Waals surface area contributed by atoms with Crippen molar-refractivity contribution in [3.63, 3.8) is 0 Å². The van der Waals surface area contributed by atoms with Crippen molar-refractivity contribution in [3.05, 3.63) is 58.7 Å². The summed E-state index contributed by atoms with van der Waals surface area (Å²) in [6, 6.07) is 6.54. The van der Waals surface area contributed by atoms with Gasteiger partial charge in [0, 0.05) is 25.2 Å². The van der Waals surface area contributed by atoms with Gasteiger partial charge < -0.3 is 48.7 Å². The average molecular weight is 894 g/mol. The van der Waals surface area contributed by atoms with E-state index >= 15 is 4.79 Å². The number of allylic oxidation sites excluding steroid dienone is 1. The first-order valence-electron chi connectivity index (χ1n) is 22.1. The predicted octanol–water partition coefficient (Wildman–Crippen LogP) is 4.14. The largest absolute Gasteiger partial charge is 0.509 e. The van der Waals surface area contributed by atoms with Crippen LogP contribution in [0.4, 0.5) is 4.79 Å². The van der Waals surface area contributed by atoms with Crippen LogP contribution < -0.4 is 5.32 Å². The molecule has 3 saturated carbocycles. The van der Waals surface area contributed by atoms with E-state index in [2.05, 4.69) is 5.32 Å². The summed E-state index contributed by atoms with van der Waals surface area (Å²) in [5.41, 5.74) is -7.23. The zero-order valence-corrected chi connectivity index (χ0v) is 37.5. The lowest BCUT2D eigenvalue weighted by molar-refractivity contribution is -0.345. The van der Waals surface area contributed by atoms with Gasteiger partial charge in [0.25, 0.3) is 0 Å². The van der Waals surface area contributed by atoms with E-state index in [9.17, 15) is 39.0 Å². The number of unbranched alkanes of at least 4 members (excludes halogenated alkanes) is 2. The average Bonchev–Trinajstić information content (AvgIpc) is 4.02. The number of carbonyl (C=O) groups is 7. The molecule has 1 amide bonds. The van der Waals surface area contributed by atoms with Crippen molar-refractivity contribution in [3.8, 4) is 0 Å². The number of hydrogen-bond acceptors (Lipinski definition) is 16. The number of ether oxygens (including phenoxy) is 7. The van der Waals surface area contributed by atoms with Crippen LogP contribution in [0.2, 0.25) is 0 Å². The number of benzene rings is 1. The molecule has 7 rings (SSSR count). The van der Waals surface area contributed by atoms with Crippen LogP contribution in [0.3, 0.4) is 0 Å². The number of aliphatic hydroxyl groups excluding tert-OH is 2. The molecule has 1 aromatic rings. The van der Waals surface area contributed by atoms with Crippen molar-refractivity contribution in [1.29, 1.82) is 0 Å². The third kappa shape index (κ3) is 7.70. The summed E-state index contributed by atoms with van der Waals surface area (Å²) in [5, 5.41) is 26.7. The van der Waals surface area contributed by atoms with Gasteiger partial charge in [-0.2, -0.15) is 0 Å². The molecule has 2 saturated heterocycles. The number of nitrogens with one attached hydrogen (secondary N) is 1. The van der Waals surface area contributed by atoms with Crippen molar-refractivity contribution in [1.82, 2.24) is 5.32 Å². The number of fused-ring (bicyclic) bond motifs is 4. The third-order valence-corrected chi connectivity index (χ3v) is 14.2. The van der Waals surface area contributed by atoms with Gasteiger partial charge in [-0.15, -0.1) is 0 Å². The summed E-state index contributed by atoms with van der Waals surface area (Å²) >= 11 is 0. The molecule has 17 heteroatoms. The van der Waals surface area contributed by atoms with Crippen molar-refractivity contribution in [2.45, 2.75) is 160 Å². The minimum absolute atomic E-state index is 0.000399. The van der Waals surface area contributed by atoms with Crippen molar-refractivity contribution < 1.29 is 76.9 Å². The van der Waals surface area contributed by atoms with Crippen molar-refractivity contribution in [2.75, 3.05) is 6.61 Å². The molecule has 0 radical (unpaired) electrons.